The molecule has 0 saturated carbocycles. The van der Waals surface area contributed by atoms with E-state index in [-0.39, 0.29) is 52.6 Å². The summed E-state index contributed by atoms with van der Waals surface area (Å²) in [7, 11) is -2.43. The quantitative estimate of drug-likeness (QED) is 0.352. The third kappa shape index (κ3) is 5.16. The molecule has 2 saturated heterocycles. The number of benzene rings is 1. The van der Waals surface area contributed by atoms with Crippen molar-refractivity contribution >= 4 is 38.3 Å². The molecule has 11 nitrogen and oxygen atoms in total. The van der Waals surface area contributed by atoms with Crippen molar-refractivity contribution in [2.75, 3.05) is 50.7 Å². The number of aromatic amines is 1. The summed E-state index contributed by atoms with van der Waals surface area (Å²) in [6.45, 7) is 1.84. The first-order chi connectivity index (χ1) is 17.7. The van der Waals surface area contributed by atoms with Gasteiger partial charge in [-0.05, 0) is 18.6 Å². The van der Waals surface area contributed by atoms with E-state index in [2.05, 4.69) is 30.9 Å². The van der Waals surface area contributed by atoms with Crippen LogP contribution >= 0.6 is 0 Å². The van der Waals surface area contributed by atoms with Crippen LogP contribution in [0.5, 0.6) is 5.75 Å². The molecule has 2 aromatic heterocycles. The Labute approximate surface area is 210 Å². The van der Waals surface area contributed by atoms with E-state index in [1.54, 1.807) is 0 Å². The SMILES string of the molecule is COc1cc(S(=O)(=O)C2CNCCO2)ccc1Nc1nc(N[C@@H]2CCOC2)c2c(C(F)(F)F)c[nH]c2n1. The van der Waals surface area contributed by atoms with Gasteiger partial charge in [0, 0.05) is 32.0 Å². The highest BCUT2D eigenvalue weighted by atomic mass is 32.2. The smallest absolute Gasteiger partial charge is 0.418 e. The van der Waals surface area contributed by atoms with Crippen LogP contribution in [0, 0.1) is 0 Å². The van der Waals surface area contributed by atoms with Crippen LogP contribution in [0.2, 0.25) is 0 Å². The average molecular weight is 543 g/mol. The van der Waals surface area contributed by atoms with Gasteiger partial charge in [0.2, 0.25) is 15.8 Å². The zero-order valence-corrected chi connectivity index (χ0v) is 20.5. The van der Waals surface area contributed by atoms with Gasteiger partial charge >= 0.3 is 6.18 Å². The van der Waals surface area contributed by atoms with Crippen molar-refractivity contribution in [1.82, 2.24) is 20.3 Å². The molecule has 0 spiro atoms. The molecule has 2 fully saturated rings. The Bertz CT molecular complexity index is 1390. The molecular weight excluding hydrogens is 517 g/mol. The Hall–Kier alpha value is -3.14. The minimum Gasteiger partial charge on any atom is -0.495 e. The fraction of sp³-hybridized carbons (Fsp3) is 0.455. The second-order valence-electron chi connectivity index (χ2n) is 8.56. The zero-order chi connectivity index (χ0) is 26.2. The van der Waals surface area contributed by atoms with Crippen LogP contribution in [-0.2, 0) is 25.5 Å². The van der Waals surface area contributed by atoms with Gasteiger partial charge in [-0.3, -0.25) is 0 Å². The number of sulfone groups is 1. The maximum atomic E-state index is 13.6. The van der Waals surface area contributed by atoms with Gasteiger partial charge in [-0.25, -0.2) is 8.42 Å². The number of nitrogens with one attached hydrogen (secondary N) is 4. The molecule has 4 N–H and O–H groups in total. The first-order valence-corrected chi connectivity index (χ1v) is 13.0. The van der Waals surface area contributed by atoms with Crippen molar-refractivity contribution in [3.05, 3.63) is 30.0 Å². The summed E-state index contributed by atoms with van der Waals surface area (Å²) >= 11 is 0. The van der Waals surface area contributed by atoms with Gasteiger partial charge in [0.05, 0.1) is 47.9 Å². The number of alkyl halides is 3. The van der Waals surface area contributed by atoms with Crippen molar-refractivity contribution in [2.45, 2.75) is 29.0 Å². The molecule has 15 heteroatoms. The minimum atomic E-state index is -4.61. The molecule has 5 rings (SSSR count). The van der Waals surface area contributed by atoms with E-state index in [9.17, 15) is 21.6 Å². The van der Waals surface area contributed by atoms with E-state index >= 15 is 0 Å². The first-order valence-electron chi connectivity index (χ1n) is 11.5. The summed E-state index contributed by atoms with van der Waals surface area (Å²) < 4.78 is 83.0. The fourth-order valence-corrected chi connectivity index (χ4v) is 5.67. The number of aromatic nitrogens is 3. The van der Waals surface area contributed by atoms with Crippen molar-refractivity contribution in [1.29, 1.82) is 0 Å². The van der Waals surface area contributed by atoms with Crippen LogP contribution in [0.15, 0.2) is 29.3 Å². The van der Waals surface area contributed by atoms with Gasteiger partial charge in [0.1, 0.15) is 17.2 Å². The van der Waals surface area contributed by atoms with E-state index < -0.39 is 27.0 Å². The molecular formula is C22H25F3N6O5S. The first kappa shape index (κ1) is 25.5. The molecule has 3 aromatic rings. The molecule has 1 unspecified atom stereocenters. The Morgan fingerprint density at radius 3 is 2.73 bits per heavy atom. The highest BCUT2D eigenvalue weighted by Gasteiger charge is 2.36. The van der Waals surface area contributed by atoms with Crippen molar-refractivity contribution < 1.29 is 35.8 Å². The number of nitrogens with zero attached hydrogens (tertiary/aromatic N) is 2. The number of methoxy groups -OCH3 is 1. The van der Waals surface area contributed by atoms with Gasteiger partial charge in [0.15, 0.2) is 5.44 Å². The van der Waals surface area contributed by atoms with Gasteiger partial charge < -0.3 is 35.1 Å². The Kier molecular flexibility index (Phi) is 6.87. The fourth-order valence-electron chi connectivity index (χ4n) is 4.22. The molecule has 2 aliphatic rings. The van der Waals surface area contributed by atoms with Crippen LogP contribution in [0.1, 0.15) is 12.0 Å². The number of fused-ring (bicyclic) bond motifs is 1. The van der Waals surface area contributed by atoms with E-state index in [1.165, 1.54) is 25.3 Å². The van der Waals surface area contributed by atoms with Crippen LogP contribution in [0.3, 0.4) is 0 Å². The van der Waals surface area contributed by atoms with E-state index in [0.29, 0.717) is 31.9 Å². The summed E-state index contributed by atoms with van der Waals surface area (Å²) in [5.41, 5.74) is -1.62. The van der Waals surface area contributed by atoms with Crippen LogP contribution in [0.25, 0.3) is 11.0 Å². The number of anilines is 3. The molecule has 1 aromatic carbocycles. The predicted molar refractivity (Wildman–Crippen MR) is 128 cm³/mol. The number of rotatable bonds is 7. The van der Waals surface area contributed by atoms with Crippen molar-refractivity contribution in [3.8, 4) is 5.75 Å². The summed E-state index contributed by atoms with van der Waals surface area (Å²) in [4.78, 5) is 11.1. The van der Waals surface area contributed by atoms with E-state index in [0.717, 1.165) is 6.20 Å². The third-order valence-corrected chi connectivity index (χ3v) is 8.00. The molecule has 200 valence electrons. The van der Waals surface area contributed by atoms with Crippen LogP contribution in [0.4, 0.5) is 30.6 Å². The van der Waals surface area contributed by atoms with Crippen molar-refractivity contribution in [2.24, 2.45) is 0 Å². The predicted octanol–water partition coefficient (Wildman–Crippen LogP) is 2.65. The maximum Gasteiger partial charge on any atom is 0.418 e. The maximum absolute atomic E-state index is 13.6. The molecule has 37 heavy (non-hydrogen) atoms. The number of ether oxygens (including phenoxy) is 3. The summed E-state index contributed by atoms with van der Waals surface area (Å²) in [6.07, 6.45) is -3.15. The molecule has 2 atom stereocenters. The largest absolute Gasteiger partial charge is 0.495 e. The van der Waals surface area contributed by atoms with Gasteiger partial charge in [-0.15, -0.1) is 0 Å². The highest BCUT2D eigenvalue weighted by molar-refractivity contribution is 7.92. The monoisotopic (exact) mass is 542 g/mol. The Morgan fingerprint density at radius 2 is 2.05 bits per heavy atom. The van der Waals surface area contributed by atoms with Gasteiger partial charge in [-0.2, -0.15) is 23.1 Å². The number of H-pyrrole nitrogens is 1. The second-order valence-corrected chi connectivity index (χ2v) is 10.6. The van der Waals surface area contributed by atoms with Crippen LogP contribution in [-0.4, -0.2) is 74.9 Å². The number of hydrogen-bond donors (Lipinski definition) is 4. The average Bonchev–Trinajstić information content (AvgIpc) is 3.55. The van der Waals surface area contributed by atoms with Gasteiger partial charge in [0.25, 0.3) is 0 Å². The van der Waals surface area contributed by atoms with Gasteiger partial charge in [-0.1, -0.05) is 0 Å². The summed E-state index contributed by atoms with van der Waals surface area (Å²) in [6, 6.07) is 4.00. The molecule has 0 amide bonds. The Morgan fingerprint density at radius 1 is 1.22 bits per heavy atom. The number of halogens is 3. The molecule has 0 bridgehead atoms. The highest BCUT2D eigenvalue weighted by Crippen LogP contribution is 2.39. The standard InChI is InChI=1S/C22H25F3N6O5S/c1-34-16-8-13(37(32,33)17-10-26-5-7-36-17)2-3-15(16)29-21-30-19-18(14(9-27-19)22(23,24)25)20(31-21)28-12-4-6-35-11-12/h2-3,8-9,12,17,26H,4-7,10-11H2,1H3,(H3,27,28,29,30,31)/t12-,17?/m1/s1. The summed E-state index contributed by atoms with van der Waals surface area (Å²) in [5, 5.41) is 8.77. The summed E-state index contributed by atoms with van der Waals surface area (Å²) in [5.74, 6) is 0.157. The normalized spacial score (nSPS) is 20.8. The lowest BCUT2D eigenvalue weighted by Gasteiger charge is -2.24. The molecule has 4 heterocycles. The topological polar surface area (TPSA) is 139 Å². The molecule has 0 radical (unpaired) electrons. The Balaban J connectivity index is 1.49. The molecule has 0 aliphatic carbocycles. The second kappa shape index (κ2) is 9.96. The number of hydrogen-bond acceptors (Lipinski definition) is 10. The third-order valence-electron chi connectivity index (χ3n) is 6.10. The minimum absolute atomic E-state index is 0.00254. The number of morpholine rings is 1. The van der Waals surface area contributed by atoms with E-state index in [1.807, 2.05) is 0 Å². The van der Waals surface area contributed by atoms with E-state index in [4.69, 9.17) is 14.2 Å². The zero-order valence-electron chi connectivity index (χ0n) is 19.7. The van der Waals surface area contributed by atoms with Crippen molar-refractivity contribution in [3.63, 3.8) is 0 Å². The molecule has 2 aliphatic heterocycles. The lowest BCUT2D eigenvalue weighted by Crippen LogP contribution is -2.43. The van der Waals surface area contributed by atoms with Crippen LogP contribution < -0.4 is 20.7 Å². The lowest BCUT2D eigenvalue weighted by atomic mass is 10.2. The lowest BCUT2D eigenvalue weighted by molar-refractivity contribution is -0.136.